The number of nitrogens with zero attached hydrogens (tertiary/aromatic N) is 5. The largest absolute Gasteiger partial charge is 0.489 e. The van der Waals surface area contributed by atoms with Gasteiger partial charge in [-0.1, -0.05) is 0 Å². The minimum Gasteiger partial charge on any atom is -0.489 e. The Morgan fingerprint density at radius 1 is 1.27 bits per heavy atom. The Morgan fingerprint density at radius 3 is 2.60 bits per heavy atom. The Balaban J connectivity index is 1.64. The van der Waals surface area contributed by atoms with Gasteiger partial charge in [-0.05, 0) is 57.4 Å². The zero-order valence-electron chi connectivity index (χ0n) is 17.5. The van der Waals surface area contributed by atoms with Gasteiger partial charge < -0.3 is 14.4 Å². The summed E-state index contributed by atoms with van der Waals surface area (Å²) in [4.78, 5) is 13.8. The highest BCUT2D eigenvalue weighted by Gasteiger charge is 2.27. The van der Waals surface area contributed by atoms with Crippen molar-refractivity contribution in [1.82, 2.24) is 14.7 Å². The summed E-state index contributed by atoms with van der Waals surface area (Å²) in [5, 5.41) is 23.1. The first-order chi connectivity index (χ1) is 14.4. The molecule has 3 rings (SSSR count). The van der Waals surface area contributed by atoms with Crippen molar-refractivity contribution >= 4 is 6.09 Å². The summed E-state index contributed by atoms with van der Waals surface area (Å²) in [6, 6.07) is 9.69. The van der Waals surface area contributed by atoms with Crippen LogP contribution in [0.4, 0.5) is 4.79 Å². The molecule has 0 unspecified atom stereocenters. The van der Waals surface area contributed by atoms with Crippen LogP contribution in [-0.4, -0.2) is 40.0 Å². The highest BCUT2D eigenvalue weighted by atomic mass is 16.6. The first kappa shape index (κ1) is 21.2. The zero-order valence-corrected chi connectivity index (χ0v) is 17.5. The van der Waals surface area contributed by atoms with Gasteiger partial charge in [0.05, 0.1) is 30.0 Å². The van der Waals surface area contributed by atoms with Crippen LogP contribution in [0.2, 0.25) is 0 Å². The van der Waals surface area contributed by atoms with Crippen molar-refractivity contribution < 1.29 is 14.3 Å². The predicted molar refractivity (Wildman–Crippen MR) is 109 cm³/mol. The number of rotatable bonds is 5. The topological polar surface area (TPSA) is 104 Å². The number of aryl methyl sites for hydroxylation is 1. The van der Waals surface area contributed by atoms with Crippen LogP contribution >= 0.6 is 0 Å². The molecule has 1 aromatic carbocycles. The number of piperidine rings is 1. The van der Waals surface area contributed by atoms with Gasteiger partial charge in [0, 0.05) is 18.7 Å². The minimum absolute atomic E-state index is 0.0497. The third-order valence-corrected chi connectivity index (χ3v) is 5.09. The van der Waals surface area contributed by atoms with E-state index in [-0.39, 0.29) is 24.8 Å². The summed E-state index contributed by atoms with van der Waals surface area (Å²) < 4.78 is 12.8. The van der Waals surface area contributed by atoms with Crippen molar-refractivity contribution in [3.63, 3.8) is 0 Å². The lowest BCUT2D eigenvalue weighted by Gasteiger charge is -2.32. The van der Waals surface area contributed by atoms with Crippen LogP contribution in [0, 0.1) is 29.6 Å². The van der Waals surface area contributed by atoms with Gasteiger partial charge in [0.2, 0.25) is 0 Å². The Kier molecular flexibility index (Phi) is 6.58. The predicted octanol–water partition coefficient (Wildman–Crippen LogP) is 3.70. The second-order valence-electron chi connectivity index (χ2n) is 7.60. The monoisotopic (exact) mass is 407 g/mol. The molecule has 0 atom stereocenters. The number of carbonyl (C=O) groups is 1. The molecule has 30 heavy (non-hydrogen) atoms. The minimum atomic E-state index is -0.295. The molecule has 2 heterocycles. The van der Waals surface area contributed by atoms with Gasteiger partial charge in [-0.2, -0.15) is 15.6 Å². The van der Waals surface area contributed by atoms with Crippen LogP contribution in [0.1, 0.15) is 55.1 Å². The second kappa shape index (κ2) is 9.32. The quantitative estimate of drug-likeness (QED) is 0.748. The number of likely N-dealkylation sites (tertiary alicyclic amines) is 1. The molecular formula is C22H25N5O3. The highest BCUT2D eigenvalue weighted by molar-refractivity contribution is 5.67. The van der Waals surface area contributed by atoms with Crippen LogP contribution in [0.3, 0.4) is 0 Å². The van der Waals surface area contributed by atoms with E-state index >= 15 is 0 Å². The van der Waals surface area contributed by atoms with E-state index in [1.165, 1.54) is 0 Å². The number of benzene rings is 1. The normalized spacial score (nSPS) is 14.3. The summed E-state index contributed by atoms with van der Waals surface area (Å²) in [7, 11) is 0. The highest BCUT2D eigenvalue weighted by Crippen LogP contribution is 2.26. The maximum absolute atomic E-state index is 12.1. The van der Waals surface area contributed by atoms with Gasteiger partial charge in [0.15, 0.2) is 0 Å². The van der Waals surface area contributed by atoms with E-state index in [0.29, 0.717) is 48.5 Å². The number of aromatic nitrogens is 2. The lowest BCUT2D eigenvalue weighted by molar-refractivity contribution is 0.0652. The fourth-order valence-electron chi connectivity index (χ4n) is 3.49. The van der Waals surface area contributed by atoms with Crippen LogP contribution in [0.15, 0.2) is 24.4 Å². The van der Waals surface area contributed by atoms with Crippen molar-refractivity contribution in [2.24, 2.45) is 0 Å². The molecule has 0 N–H and O–H groups in total. The second-order valence-corrected chi connectivity index (χ2v) is 7.60. The molecule has 1 amide bonds. The van der Waals surface area contributed by atoms with Crippen molar-refractivity contribution in [2.45, 2.75) is 52.4 Å². The summed E-state index contributed by atoms with van der Waals surface area (Å²) >= 11 is 0. The third kappa shape index (κ3) is 4.72. The van der Waals surface area contributed by atoms with Crippen molar-refractivity contribution in [3.05, 3.63) is 46.8 Å². The summed E-state index contributed by atoms with van der Waals surface area (Å²) in [6.07, 6.45) is 2.64. The lowest BCUT2D eigenvalue weighted by Crippen LogP contribution is -2.40. The summed E-state index contributed by atoms with van der Waals surface area (Å²) in [6.45, 7) is 6.86. The van der Waals surface area contributed by atoms with E-state index in [0.717, 1.165) is 5.56 Å². The van der Waals surface area contributed by atoms with Gasteiger partial charge in [0.25, 0.3) is 0 Å². The third-order valence-electron chi connectivity index (χ3n) is 5.09. The number of ether oxygens (including phenoxy) is 2. The maximum Gasteiger partial charge on any atom is 0.410 e. The molecule has 0 bridgehead atoms. The smallest absolute Gasteiger partial charge is 0.410 e. The van der Waals surface area contributed by atoms with Gasteiger partial charge in [-0.25, -0.2) is 4.79 Å². The number of amides is 1. The van der Waals surface area contributed by atoms with Crippen LogP contribution in [0.5, 0.6) is 5.75 Å². The van der Waals surface area contributed by atoms with Crippen LogP contribution < -0.4 is 4.74 Å². The van der Waals surface area contributed by atoms with E-state index < -0.39 is 0 Å². The van der Waals surface area contributed by atoms with E-state index in [9.17, 15) is 10.1 Å². The van der Waals surface area contributed by atoms with E-state index in [1.807, 2.05) is 20.8 Å². The maximum atomic E-state index is 12.1. The Labute approximate surface area is 176 Å². The van der Waals surface area contributed by atoms with Gasteiger partial charge in [0.1, 0.15) is 24.1 Å². The number of nitriles is 2. The number of carbonyl (C=O) groups excluding carboxylic acids is 1. The van der Waals surface area contributed by atoms with Crippen LogP contribution in [0.25, 0.3) is 0 Å². The van der Waals surface area contributed by atoms with Crippen LogP contribution in [-0.2, 0) is 11.3 Å². The number of hydrogen-bond donors (Lipinski definition) is 0. The molecule has 156 valence electrons. The van der Waals surface area contributed by atoms with Gasteiger partial charge >= 0.3 is 6.09 Å². The van der Waals surface area contributed by atoms with Crippen molar-refractivity contribution in [2.75, 3.05) is 13.1 Å². The first-order valence-corrected chi connectivity index (χ1v) is 9.98. The van der Waals surface area contributed by atoms with Gasteiger partial charge in [-0.3, -0.25) is 4.68 Å². The van der Waals surface area contributed by atoms with E-state index in [1.54, 1.807) is 34.0 Å². The average Bonchev–Trinajstić information content (AvgIpc) is 3.15. The van der Waals surface area contributed by atoms with E-state index in [2.05, 4.69) is 17.2 Å². The molecule has 2 aromatic rings. The molecule has 1 aliphatic heterocycles. The molecule has 0 saturated carbocycles. The molecule has 1 aliphatic rings. The Morgan fingerprint density at radius 2 is 2.00 bits per heavy atom. The van der Waals surface area contributed by atoms with Crippen molar-refractivity contribution in [1.29, 1.82) is 10.5 Å². The van der Waals surface area contributed by atoms with Gasteiger partial charge in [-0.15, -0.1) is 0 Å². The molecular weight excluding hydrogens is 382 g/mol. The van der Waals surface area contributed by atoms with Crippen molar-refractivity contribution in [3.8, 4) is 17.9 Å². The first-order valence-electron chi connectivity index (χ1n) is 9.98. The SMILES string of the molecule is Cc1cc(OCc2cnn(C3CCN(C(=O)OC(C)C)CC3)c2C#N)ccc1C#N. The molecule has 0 aliphatic carbocycles. The lowest BCUT2D eigenvalue weighted by atomic mass is 10.1. The molecule has 1 fully saturated rings. The molecule has 1 aromatic heterocycles. The molecule has 8 nitrogen and oxygen atoms in total. The fourth-order valence-corrected chi connectivity index (χ4v) is 3.49. The Bertz CT molecular complexity index is 991. The summed E-state index contributed by atoms with van der Waals surface area (Å²) in [5.74, 6) is 0.639. The van der Waals surface area contributed by atoms with E-state index in [4.69, 9.17) is 14.7 Å². The average molecular weight is 407 g/mol. The Hall–Kier alpha value is -3.52. The molecule has 0 radical (unpaired) electrons. The fraction of sp³-hybridized carbons (Fsp3) is 0.455. The summed E-state index contributed by atoms with van der Waals surface area (Å²) in [5.41, 5.74) is 2.63. The zero-order chi connectivity index (χ0) is 21.7. The molecule has 1 saturated heterocycles. The molecule has 8 heteroatoms. The molecule has 0 spiro atoms. The number of hydrogen-bond acceptors (Lipinski definition) is 6. The standard InChI is InChI=1S/C22H25N5O3/c1-15(2)30-22(28)26-8-6-19(7-9-26)27-21(12-24)18(13-25-27)14-29-20-5-4-17(11-23)16(3)10-20/h4-5,10,13,15,19H,6-9,14H2,1-3H3.